The summed E-state index contributed by atoms with van der Waals surface area (Å²) in [6.07, 6.45) is 1.51. The molecule has 0 bridgehead atoms. The van der Waals surface area contributed by atoms with Crippen molar-refractivity contribution in [1.29, 1.82) is 5.26 Å². The lowest BCUT2D eigenvalue weighted by atomic mass is 10.1. The van der Waals surface area contributed by atoms with Crippen molar-refractivity contribution < 1.29 is 14.3 Å². The molecule has 0 saturated heterocycles. The molecular weight excluding hydrogens is 336 g/mol. The van der Waals surface area contributed by atoms with Crippen molar-refractivity contribution in [3.05, 3.63) is 57.5 Å². The Bertz CT molecular complexity index is 861. The normalized spacial score (nSPS) is 10.9. The average molecular weight is 354 g/mol. The Kier molecular flexibility index (Phi) is 6.09. The van der Waals surface area contributed by atoms with Crippen LogP contribution in [0, 0.1) is 25.2 Å². The highest BCUT2D eigenvalue weighted by Gasteiger charge is 2.23. The molecule has 5 nitrogen and oxygen atoms in total. The Balaban J connectivity index is 2.31. The van der Waals surface area contributed by atoms with E-state index in [1.807, 2.05) is 31.2 Å². The van der Waals surface area contributed by atoms with E-state index in [2.05, 4.69) is 5.32 Å². The van der Waals surface area contributed by atoms with Crippen LogP contribution in [0.25, 0.3) is 6.08 Å². The smallest absolute Gasteiger partial charge is 0.341 e. The monoisotopic (exact) mass is 354 g/mol. The fraction of sp³-hybridized carbons (Fsp3) is 0.211. The summed E-state index contributed by atoms with van der Waals surface area (Å²) in [5, 5.41) is 12.4. The molecule has 0 saturated carbocycles. The van der Waals surface area contributed by atoms with Crippen LogP contribution < -0.4 is 5.32 Å². The van der Waals surface area contributed by atoms with E-state index in [4.69, 9.17) is 4.74 Å². The van der Waals surface area contributed by atoms with Crippen molar-refractivity contribution in [2.24, 2.45) is 0 Å². The lowest BCUT2D eigenvalue weighted by Gasteiger charge is -2.06. The first-order valence-corrected chi connectivity index (χ1v) is 8.54. The van der Waals surface area contributed by atoms with Crippen LogP contribution in [-0.2, 0) is 9.53 Å². The Hall–Kier alpha value is -2.91. The number of nitriles is 1. The van der Waals surface area contributed by atoms with Crippen molar-refractivity contribution in [3.8, 4) is 6.07 Å². The summed E-state index contributed by atoms with van der Waals surface area (Å²) in [4.78, 5) is 25.5. The van der Waals surface area contributed by atoms with Gasteiger partial charge in [-0.05, 0) is 38.0 Å². The number of thiophene rings is 1. The molecule has 0 fully saturated rings. The third-order valence-electron chi connectivity index (χ3n) is 3.57. The summed E-state index contributed by atoms with van der Waals surface area (Å²) in [5.74, 6) is -1.04. The zero-order valence-electron chi connectivity index (χ0n) is 14.3. The molecule has 0 aliphatic rings. The Morgan fingerprint density at radius 3 is 2.56 bits per heavy atom. The number of rotatable bonds is 5. The summed E-state index contributed by atoms with van der Waals surface area (Å²) in [6, 6.07) is 11.0. The molecule has 25 heavy (non-hydrogen) atoms. The van der Waals surface area contributed by atoms with Crippen LogP contribution in [0.2, 0.25) is 0 Å². The molecule has 1 heterocycles. The lowest BCUT2D eigenvalue weighted by Crippen LogP contribution is -2.16. The van der Waals surface area contributed by atoms with E-state index in [0.717, 1.165) is 16.0 Å². The van der Waals surface area contributed by atoms with Crippen molar-refractivity contribution >= 4 is 34.3 Å². The van der Waals surface area contributed by atoms with Crippen molar-refractivity contribution in [2.45, 2.75) is 20.8 Å². The number of ether oxygens (including phenoxy) is 1. The number of hydrogen-bond acceptors (Lipinski definition) is 5. The Morgan fingerprint density at radius 2 is 1.96 bits per heavy atom. The molecule has 6 heteroatoms. The number of hydrogen-bond donors (Lipinski definition) is 1. The van der Waals surface area contributed by atoms with Crippen molar-refractivity contribution in [3.63, 3.8) is 0 Å². The minimum Gasteiger partial charge on any atom is -0.462 e. The maximum atomic E-state index is 12.5. The Labute approximate surface area is 150 Å². The van der Waals surface area contributed by atoms with Gasteiger partial charge in [0, 0.05) is 4.88 Å². The average Bonchev–Trinajstić information content (AvgIpc) is 2.87. The number of esters is 1. The third-order valence-corrected chi connectivity index (χ3v) is 4.69. The van der Waals surface area contributed by atoms with E-state index in [1.165, 1.54) is 17.4 Å². The maximum Gasteiger partial charge on any atom is 0.341 e. The number of benzene rings is 1. The summed E-state index contributed by atoms with van der Waals surface area (Å²) >= 11 is 1.29. The predicted octanol–water partition coefficient (Wildman–Crippen LogP) is 4.09. The van der Waals surface area contributed by atoms with E-state index in [9.17, 15) is 14.9 Å². The standard InChI is InChI=1S/C19H18N2O3S/c1-4-24-19(23)16-12(2)13(3)25-18(16)21-17(22)15(11-20)10-14-8-6-5-7-9-14/h5-10H,4H2,1-3H3,(H,21,22). The van der Waals surface area contributed by atoms with Crippen LogP contribution in [0.1, 0.15) is 33.3 Å². The van der Waals surface area contributed by atoms with Gasteiger partial charge >= 0.3 is 5.97 Å². The largest absolute Gasteiger partial charge is 0.462 e. The van der Waals surface area contributed by atoms with E-state index in [1.54, 1.807) is 26.0 Å². The summed E-state index contributed by atoms with van der Waals surface area (Å²) in [7, 11) is 0. The van der Waals surface area contributed by atoms with Crippen LogP contribution in [0.3, 0.4) is 0 Å². The predicted molar refractivity (Wildman–Crippen MR) is 98.4 cm³/mol. The molecule has 0 radical (unpaired) electrons. The molecule has 0 atom stereocenters. The van der Waals surface area contributed by atoms with Gasteiger partial charge in [0.25, 0.3) is 5.91 Å². The van der Waals surface area contributed by atoms with E-state index >= 15 is 0 Å². The number of carbonyl (C=O) groups excluding carboxylic acids is 2. The van der Waals surface area contributed by atoms with Gasteiger partial charge in [0.15, 0.2) is 0 Å². The van der Waals surface area contributed by atoms with Gasteiger partial charge in [0.2, 0.25) is 0 Å². The quantitative estimate of drug-likeness (QED) is 0.498. The van der Waals surface area contributed by atoms with Gasteiger partial charge < -0.3 is 10.1 Å². The van der Waals surface area contributed by atoms with Gasteiger partial charge in [0.1, 0.15) is 16.6 Å². The fourth-order valence-electron chi connectivity index (χ4n) is 2.20. The molecule has 0 aliphatic carbocycles. The van der Waals surface area contributed by atoms with Crippen LogP contribution >= 0.6 is 11.3 Å². The van der Waals surface area contributed by atoms with Crippen molar-refractivity contribution in [1.82, 2.24) is 0 Å². The number of carbonyl (C=O) groups is 2. The molecule has 1 amide bonds. The molecule has 1 aromatic heterocycles. The molecule has 0 spiro atoms. The van der Waals surface area contributed by atoms with Gasteiger partial charge in [-0.25, -0.2) is 4.79 Å². The molecular formula is C19H18N2O3S. The van der Waals surface area contributed by atoms with Gasteiger partial charge in [0.05, 0.1) is 12.2 Å². The van der Waals surface area contributed by atoms with Crippen LogP contribution in [-0.4, -0.2) is 18.5 Å². The van der Waals surface area contributed by atoms with E-state index in [-0.39, 0.29) is 12.2 Å². The SMILES string of the molecule is CCOC(=O)c1c(NC(=O)C(C#N)=Cc2ccccc2)sc(C)c1C. The minimum atomic E-state index is -0.557. The molecule has 1 aromatic carbocycles. The fourth-order valence-corrected chi connectivity index (χ4v) is 3.24. The first-order chi connectivity index (χ1) is 12.0. The highest BCUT2D eigenvalue weighted by atomic mass is 32.1. The Morgan fingerprint density at radius 1 is 1.28 bits per heavy atom. The second-order valence-electron chi connectivity index (χ2n) is 5.24. The zero-order chi connectivity index (χ0) is 18.4. The number of anilines is 1. The number of aryl methyl sites for hydroxylation is 1. The maximum absolute atomic E-state index is 12.5. The number of amides is 1. The second kappa shape index (κ2) is 8.27. The topological polar surface area (TPSA) is 79.2 Å². The molecule has 2 aromatic rings. The second-order valence-corrected chi connectivity index (χ2v) is 6.47. The highest BCUT2D eigenvalue weighted by molar-refractivity contribution is 7.16. The molecule has 1 N–H and O–H groups in total. The van der Waals surface area contributed by atoms with Crippen LogP contribution in [0.4, 0.5) is 5.00 Å². The summed E-state index contributed by atoms with van der Waals surface area (Å²) in [6.45, 7) is 5.64. The number of nitrogens with zero attached hydrogens (tertiary/aromatic N) is 1. The number of nitrogens with one attached hydrogen (secondary N) is 1. The van der Waals surface area contributed by atoms with E-state index in [0.29, 0.717) is 10.6 Å². The first kappa shape index (κ1) is 18.4. The third kappa shape index (κ3) is 4.34. The molecule has 0 aliphatic heterocycles. The summed E-state index contributed by atoms with van der Waals surface area (Å²) < 4.78 is 5.06. The van der Waals surface area contributed by atoms with Gasteiger partial charge in [-0.15, -0.1) is 11.3 Å². The summed E-state index contributed by atoms with van der Waals surface area (Å²) in [5.41, 5.74) is 1.82. The van der Waals surface area contributed by atoms with Gasteiger partial charge in [-0.3, -0.25) is 4.79 Å². The van der Waals surface area contributed by atoms with Gasteiger partial charge in [-0.2, -0.15) is 5.26 Å². The zero-order valence-corrected chi connectivity index (χ0v) is 15.1. The van der Waals surface area contributed by atoms with Crippen molar-refractivity contribution in [2.75, 3.05) is 11.9 Å². The molecule has 0 unspecified atom stereocenters. The lowest BCUT2D eigenvalue weighted by molar-refractivity contribution is -0.112. The highest BCUT2D eigenvalue weighted by Crippen LogP contribution is 2.33. The van der Waals surface area contributed by atoms with E-state index < -0.39 is 11.9 Å². The molecule has 128 valence electrons. The van der Waals surface area contributed by atoms with Crippen LogP contribution in [0.5, 0.6) is 0 Å². The van der Waals surface area contributed by atoms with Crippen LogP contribution in [0.15, 0.2) is 35.9 Å². The minimum absolute atomic E-state index is 0.0373. The molecule has 2 rings (SSSR count). The first-order valence-electron chi connectivity index (χ1n) is 7.73. The van der Waals surface area contributed by atoms with Gasteiger partial charge in [-0.1, -0.05) is 30.3 Å².